The number of allylic oxidation sites excluding steroid dienone is 2. The van der Waals surface area contributed by atoms with Crippen molar-refractivity contribution in [1.29, 1.82) is 15.8 Å². The Morgan fingerprint density at radius 2 is 1.92 bits per heavy atom. The Balaban J connectivity index is 2.39. The van der Waals surface area contributed by atoms with E-state index in [0.29, 0.717) is 28.7 Å². The van der Waals surface area contributed by atoms with Gasteiger partial charge >= 0.3 is 0 Å². The summed E-state index contributed by atoms with van der Waals surface area (Å²) in [4.78, 5) is 2.07. The molecule has 0 bridgehead atoms. The van der Waals surface area contributed by atoms with Crippen molar-refractivity contribution in [3.8, 4) is 18.2 Å². The van der Waals surface area contributed by atoms with Crippen LogP contribution in [0.4, 0.5) is 0 Å². The molecule has 26 heavy (non-hydrogen) atoms. The molecule has 1 aromatic rings. The van der Waals surface area contributed by atoms with Gasteiger partial charge in [0, 0.05) is 24.9 Å². The number of hydrogen-bond donors (Lipinski definition) is 1. The van der Waals surface area contributed by atoms with Crippen molar-refractivity contribution in [3.63, 3.8) is 0 Å². The van der Waals surface area contributed by atoms with Crippen LogP contribution in [0.5, 0.6) is 0 Å². The van der Waals surface area contributed by atoms with Gasteiger partial charge in [-0.25, -0.2) is 0 Å². The van der Waals surface area contributed by atoms with Gasteiger partial charge in [0.25, 0.3) is 0 Å². The van der Waals surface area contributed by atoms with Gasteiger partial charge in [0.05, 0.1) is 33.5 Å². The molecule has 0 saturated heterocycles. The lowest BCUT2D eigenvalue weighted by Gasteiger charge is -2.45. The van der Waals surface area contributed by atoms with Crippen molar-refractivity contribution in [2.75, 3.05) is 20.1 Å². The van der Waals surface area contributed by atoms with Gasteiger partial charge in [0.1, 0.15) is 6.07 Å². The maximum atomic E-state index is 9.97. The van der Waals surface area contributed by atoms with E-state index in [-0.39, 0.29) is 17.2 Å². The number of benzene rings is 1. The second kappa shape index (κ2) is 6.67. The predicted octanol–water partition coefficient (Wildman–Crippen LogP) is 3.35. The fourth-order valence-corrected chi connectivity index (χ4v) is 4.35. The normalized spacial score (nSPS) is 24.7. The van der Waals surface area contributed by atoms with Gasteiger partial charge < -0.3 is 10.6 Å². The standard InChI is InChI=1S/C19H15Cl2N5/c1-26-6-5-11-13(7-22)18(25)19(9-23,10-24)16(14(11)8-26)12-3-2-4-15(20)17(12)21/h2-5,14,16H,6,8,25H2,1H3/t14-,16-/m0/s1. The minimum absolute atomic E-state index is 0.0157. The van der Waals surface area contributed by atoms with Crippen LogP contribution in [0.25, 0.3) is 0 Å². The minimum atomic E-state index is -1.69. The third-order valence-corrected chi connectivity index (χ3v) is 6.00. The summed E-state index contributed by atoms with van der Waals surface area (Å²) in [5.74, 6) is -0.902. The van der Waals surface area contributed by atoms with Crippen molar-refractivity contribution >= 4 is 23.2 Å². The lowest BCUT2D eigenvalue weighted by atomic mass is 9.58. The summed E-state index contributed by atoms with van der Waals surface area (Å²) in [6.45, 7) is 1.23. The van der Waals surface area contributed by atoms with Crippen molar-refractivity contribution < 1.29 is 0 Å². The Morgan fingerprint density at radius 3 is 2.54 bits per heavy atom. The molecule has 0 amide bonds. The maximum Gasteiger partial charge on any atom is 0.191 e. The zero-order valence-electron chi connectivity index (χ0n) is 14.0. The summed E-state index contributed by atoms with van der Waals surface area (Å²) < 4.78 is 0. The first kappa shape index (κ1) is 18.3. The van der Waals surface area contributed by atoms with Crippen molar-refractivity contribution in [2.24, 2.45) is 17.1 Å². The van der Waals surface area contributed by atoms with Crippen molar-refractivity contribution in [1.82, 2.24) is 4.90 Å². The molecule has 0 fully saturated rings. The minimum Gasteiger partial charge on any atom is -0.399 e. The largest absolute Gasteiger partial charge is 0.399 e. The van der Waals surface area contributed by atoms with Gasteiger partial charge in [-0.05, 0) is 24.3 Å². The summed E-state index contributed by atoms with van der Waals surface area (Å²) in [6.07, 6.45) is 1.93. The predicted molar refractivity (Wildman–Crippen MR) is 98.8 cm³/mol. The number of nitrogens with two attached hydrogens (primary N) is 1. The number of rotatable bonds is 1. The molecule has 7 heteroatoms. The van der Waals surface area contributed by atoms with Gasteiger partial charge in [-0.15, -0.1) is 0 Å². The van der Waals surface area contributed by atoms with E-state index in [9.17, 15) is 15.8 Å². The van der Waals surface area contributed by atoms with Crippen LogP contribution in [0, 0.1) is 45.3 Å². The molecule has 1 aliphatic heterocycles. The van der Waals surface area contributed by atoms with Crippen LogP contribution in [-0.2, 0) is 0 Å². The SMILES string of the molecule is CN1CC=C2C(C#N)=C(N)C(C#N)(C#N)[C@@H](c3cccc(Cl)c3Cl)[C@H]2C1. The number of fused-ring (bicyclic) bond motifs is 1. The summed E-state index contributed by atoms with van der Waals surface area (Å²) in [5.41, 5.74) is 6.10. The molecule has 0 spiro atoms. The zero-order chi connectivity index (χ0) is 19.1. The van der Waals surface area contributed by atoms with E-state index in [2.05, 4.69) is 23.1 Å². The third-order valence-electron chi connectivity index (χ3n) is 5.16. The number of likely N-dealkylation sites (N-methyl/N-ethyl adjacent to an activating group) is 1. The first-order valence-electron chi connectivity index (χ1n) is 7.97. The smallest absolute Gasteiger partial charge is 0.191 e. The molecule has 1 aliphatic carbocycles. The fraction of sp³-hybridized carbons (Fsp3) is 0.316. The topological polar surface area (TPSA) is 101 Å². The molecule has 0 unspecified atom stereocenters. The lowest BCUT2D eigenvalue weighted by molar-refractivity contribution is 0.238. The van der Waals surface area contributed by atoms with E-state index in [0.717, 1.165) is 5.57 Å². The molecular weight excluding hydrogens is 369 g/mol. The quantitative estimate of drug-likeness (QED) is 0.800. The van der Waals surface area contributed by atoms with Crippen LogP contribution in [0.3, 0.4) is 0 Å². The zero-order valence-corrected chi connectivity index (χ0v) is 15.5. The second-order valence-corrected chi connectivity index (χ2v) is 7.33. The van der Waals surface area contributed by atoms with Crippen LogP contribution in [0.1, 0.15) is 11.5 Å². The molecule has 0 aromatic heterocycles. The summed E-state index contributed by atoms with van der Waals surface area (Å²) >= 11 is 12.6. The molecule has 1 aromatic carbocycles. The van der Waals surface area contributed by atoms with Crippen molar-refractivity contribution in [3.05, 3.63) is 56.7 Å². The van der Waals surface area contributed by atoms with Crippen LogP contribution in [0.2, 0.25) is 10.0 Å². The first-order chi connectivity index (χ1) is 12.4. The Bertz CT molecular complexity index is 944. The van der Waals surface area contributed by atoms with Crippen LogP contribution >= 0.6 is 23.2 Å². The summed E-state index contributed by atoms with van der Waals surface area (Å²) in [6, 6.07) is 11.4. The van der Waals surface area contributed by atoms with E-state index in [1.807, 2.05) is 13.1 Å². The highest BCUT2D eigenvalue weighted by Crippen LogP contribution is 2.55. The molecule has 5 nitrogen and oxygen atoms in total. The maximum absolute atomic E-state index is 9.97. The summed E-state index contributed by atoms with van der Waals surface area (Å²) in [5, 5.41) is 30.2. The highest BCUT2D eigenvalue weighted by molar-refractivity contribution is 6.42. The summed E-state index contributed by atoms with van der Waals surface area (Å²) in [7, 11) is 1.94. The molecule has 0 radical (unpaired) electrons. The van der Waals surface area contributed by atoms with Gasteiger partial charge in [0.15, 0.2) is 5.41 Å². The van der Waals surface area contributed by atoms with Crippen LogP contribution in [-0.4, -0.2) is 25.0 Å². The van der Waals surface area contributed by atoms with Crippen molar-refractivity contribution in [2.45, 2.75) is 5.92 Å². The highest BCUT2D eigenvalue weighted by atomic mass is 35.5. The Labute approximate surface area is 162 Å². The molecule has 0 saturated carbocycles. The molecule has 2 N–H and O–H groups in total. The van der Waals surface area contributed by atoms with E-state index in [1.165, 1.54) is 0 Å². The first-order valence-corrected chi connectivity index (χ1v) is 8.72. The van der Waals surface area contributed by atoms with Gasteiger partial charge in [0.2, 0.25) is 0 Å². The Morgan fingerprint density at radius 1 is 1.23 bits per heavy atom. The van der Waals surface area contributed by atoms with Gasteiger partial charge in [-0.3, -0.25) is 0 Å². The monoisotopic (exact) mass is 383 g/mol. The molecule has 1 heterocycles. The van der Waals surface area contributed by atoms with E-state index >= 15 is 0 Å². The average Bonchev–Trinajstić information content (AvgIpc) is 2.64. The van der Waals surface area contributed by atoms with Gasteiger partial charge in [-0.1, -0.05) is 41.4 Å². The number of nitrogens with zero attached hydrogens (tertiary/aromatic N) is 4. The number of halogens is 2. The number of hydrogen-bond acceptors (Lipinski definition) is 5. The molecule has 130 valence electrons. The highest BCUT2D eigenvalue weighted by Gasteiger charge is 2.54. The molecule has 2 atom stereocenters. The lowest BCUT2D eigenvalue weighted by Crippen LogP contribution is -2.47. The van der Waals surface area contributed by atoms with Gasteiger partial charge in [-0.2, -0.15) is 15.8 Å². The fourth-order valence-electron chi connectivity index (χ4n) is 3.93. The van der Waals surface area contributed by atoms with E-state index in [4.69, 9.17) is 28.9 Å². The third kappa shape index (κ3) is 2.47. The van der Waals surface area contributed by atoms with E-state index in [1.54, 1.807) is 18.2 Å². The molecule has 2 aliphatic rings. The Hall–Kier alpha value is -2.49. The Kier molecular flexibility index (Phi) is 4.70. The molecular formula is C19H15Cl2N5. The average molecular weight is 384 g/mol. The number of nitriles is 3. The molecule has 3 rings (SSSR count). The second-order valence-electron chi connectivity index (χ2n) is 6.54. The van der Waals surface area contributed by atoms with E-state index < -0.39 is 11.3 Å². The van der Waals surface area contributed by atoms with Crippen LogP contribution < -0.4 is 5.73 Å². The van der Waals surface area contributed by atoms with Crippen LogP contribution in [0.15, 0.2) is 41.1 Å².